The quantitative estimate of drug-likeness (QED) is 0.875. The van der Waals surface area contributed by atoms with E-state index in [1.54, 1.807) is 45.2 Å². The van der Waals surface area contributed by atoms with Gasteiger partial charge in [0.1, 0.15) is 17.5 Å². The molecule has 1 aromatic carbocycles. The summed E-state index contributed by atoms with van der Waals surface area (Å²) in [6, 6.07) is 13.9. The zero-order chi connectivity index (χ0) is 18.3. The molecular formula is C19H23N3O3. The number of nitrogens with one attached hydrogen (secondary N) is 2. The van der Waals surface area contributed by atoms with Crippen molar-refractivity contribution in [3.8, 4) is 0 Å². The fourth-order valence-corrected chi connectivity index (χ4v) is 2.16. The molecule has 1 aromatic heterocycles. The molecule has 6 heteroatoms. The Balaban J connectivity index is 2.10. The van der Waals surface area contributed by atoms with E-state index in [0.717, 1.165) is 5.56 Å². The summed E-state index contributed by atoms with van der Waals surface area (Å²) in [7, 11) is 0. The van der Waals surface area contributed by atoms with Gasteiger partial charge in [0.25, 0.3) is 0 Å². The Hall–Kier alpha value is -2.89. The van der Waals surface area contributed by atoms with Crippen molar-refractivity contribution in [3.63, 3.8) is 0 Å². The van der Waals surface area contributed by atoms with E-state index in [9.17, 15) is 9.59 Å². The first-order valence-corrected chi connectivity index (χ1v) is 8.09. The van der Waals surface area contributed by atoms with Crippen molar-refractivity contribution in [2.75, 3.05) is 5.32 Å². The predicted octanol–water partition coefficient (Wildman–Crippen LogP) is 3.16. The third-order valence-electron chi connectivity index (χ3n) is 3.21. The lowest BCUT2D eigenvalue weighted by atomic mass is 10.1. The molecule has 2 amide bonds. The van der Waals surface area contributed by atoms with Gasteiger partial charge in [0.2, 0.25) is 5.91 Å². The molecule has 0 saturated carbocycles. The number of hydrogen-bond acceptors (Lipinski definition) is 4. The average molecular weight is 341 g/mol. The Morgan fingerprint density at radius 3 is 2.36 bits per heavy atom. The molecule has 2 aromatic rings. The smallest absolute Gasteiger partial charge is 0.408 e. The topological polar surface area (TPSA) is 80.3 Å². The van der Waals surface area contributed by atoms with Gasteiger partial charge in [-0.25, -0.2) is 9.78 Å². The van der Waals surface area contributed by atoms with Gasteiger partial charge in [-0.05, 0) is 38.5 Å². The molecule has 0 radical (unpaired) electrons. The van der Waals surface area contributed by atoms with Crippen molar-refractivity contribution < 1.29 is 14.3 Å². The Labute approximate surface area is 147 Å². The number of carbonyl (C=O) groups excluding carboxylic acids is 2. The summed E-state index contributed by atoms with van der Waals surface area (Å²) in [5.41, 5.74) is 0.290. The van der Waals surface area contributed by atoms with Crippen LogP contribution in [0.2, 0.25) is 0 Å². The highest BCUT2D eigenvalue weighted by atomic mass is 16.6. The second-order valence-corrected chi connectivity index (χ2v) is 6.59. The maximum absolute atomic E-state index is 12.6. The largest absolute Gasteiger partial charge is 0.444 e. The normalized spacial score (nSPS) is 12.1. The van der Waals surface area contributed by atoms with Gasteiger partial charge < -0.3 is 15.4 Å². The summed E-state index contributed by atoms with van der Waals surface area (Å²) in [5, 5.41) is 5.35. The van der Waals surface area contributed by atoms with Crippen molar-refractivity contribution in [3.05, 3.63) is 60.3 Å². The maximum atomic E-state index is 12.6. The summed E-state index contributed by atoms with van der Waals surface area (Å²) in [4.78, 5) is 28.8. The predicted molar refractivity (Wildman–Crippen MR) is 96.2 cm³/mol. The van der Waals surface area contributed by atoms with Gasteiger partial charge in [0.05, 0.1) is 0 Å². The Bertz CT molecular complexity index is 697. The number of amides is 2. The fraction of sp³-hybridized carbons (Fsp3) is 0.316. The van der Waals surface area contributed by atoms with Crippen molar-refractivity contribution in [1.82, 2.24) is 10.3 Å². The Kier molecular flexibility index (Phi) is 6.11. The highest BCUT2D eigenvalue weighted by Crippen LogP contribution is 2.10. The molecule has 1 atom stereocenters. The van der Waals surface area contributed by atoms with Crippen molar-refractivity contribution in [1.29, 1.82) is 0 Å². The minimum Gasteiger partial charge on any atom is -0.444 e. The molecule has 1 heterocycles. The molecule has 0 unspecified atom stereocenters. The van der Waals surface area contributed by atoms with Crippen LogP contribution in [0.15, 0.2) is 54.7 Å². The fourth-order valence-electron chi connectivity index (χ4n) is 2.16. The standard InChI is InChI=1S/C19H23N3O3/c1-19(2,3)25-18(24)21-15(13-14-9-5-4-6-10-14)17(23)22-16-11-7-8-12-20-16/h4-12,15H,13H2,1-3H3,(H,21,24)(H,20,22,23)/t15-/m0/s1. The SMILES string of the molecule is CC(C)(C)OC(=O)N[C@@H](Cc1ccccc1)C(=O)Nc1ccccn1. The molecule has 0 fully saturated rings. The van der Waals surface area contributed by atoms with Crippen LogP contribution >= 0.6 is 0 Å². The minimum absolute atomic E-state index is 0.346. The van der Waals surface area contributed by atoms with Crippen LogP contribution in [0.25, 0.3) is 0 Å². The molecule has 2 N–H and O–H groups in total. The second-order valence-electron chi connectivity index (χ2n) is 6.59. The molecule has 0 bridgehead atoms. The number of nitrogens with zero attached hydrogens (tertiary/aromatic N) is 1. The van der Waals surface area contributed by atoms with Crippen LogP contribution in [0.1, 0.15) is 26.3 Å². The van der Waals surface area contributed by atoms with Crippen LogP contribution in [-0.2, 0) is 16.0 Å². The molecule has 25 heavy (non-hydrogen) atoms. The number of carbonyl (C=O) groups is 2. The molecule has 132 valence electrons. The summed E-state index contributed by atoms with van der Waals surface area (Å²) in [6.07, 6.45) is 1.30. The number of rotatable bonds is 5. The van der Waals surface area contributed by atoms with Crippen LogP contribution in [0.5, 0.6) is 0 Å². The number of ether oxygens (including phenoxy) is 1. The van der Waals surface area contributed by atoms with E-state index in [-0.39, 0.29) is 5.91 Å². The number of anilines is 1. The number of pyridine rings is 1. The first-order chi connectivity index (χ1) is 11.8. The van der Waals surface area contributed by atoms with Crippen LogP contribution in [-0.4, -0.2) is 28.6 Å². The highest BCUT2D eigenvalue weighted by molar-refractivity contribution is 5.96. The number of hydrogen-bond donors (Lipinski definition) is 2. The van der Waals surface area contributed by atoms with E-state index in [2.05, 4.69) is 15.6 Å². The summed E-state index contributed by atoms with van der Waals surface area (Å²) in [6.45, 7) is 5.31. The molecule has 2 rings (SSSR count). The maximum Gasteiger partial charge on any atom is 0.408 e. The van der Waals surface area contributed by atoms with E-state index >= 15 is 0 Å². The summed E-state index contributed by atoms with van der Waals surface area (Å²) < 4.78 is 5.26. The van der Waals surface area contributed by atoms with E-state index in [1.807, 2.05) is 30.3 Å². The van der Waals surface area contributed by atoms with Crippen molar-refractivity contribution >= 4 is 17.8 Å². The summed E-state index contributed by atoms with van der Waals surface area (Å²) in [5.74, 6) is 0.0740. The van der Waals surface area contributed by atoms with Crippen molar-refractivity contribution in [2.45, 2.75) is 38.8 Å². The van der Waals surface area contributed by atoms with E-state index in [4.69, 9.17) is 4.74 Å². The first kappa shape index (κ1) is 18.4. The molecule has 6 nitrogen and oxygen atoms in total. The molecule has 0 aliphatic carbocycles. The van der Waals surface area contributed by atoms with Crippen LogP contribution in [0, 0.1) is 0 Å². The lowest BCUT2D eigenvalue weighted by molar-refractivity contribution is -0.118. The number of aromatic nitrogens is 1. The minimum atomic E-state index is -0.778. The zero-order valence-electron chi connectivity index (χ0n) is 14.7. The zero-order valence-corrected chi connectivity index (χ0v) is 14.7. The molecular weight excluding hydrogens is 318 g/mol. The second kappa shape index (κ2) is 8.28. The van der Waals surface area contributed by atoms with Gasteiger partial charge in [0, 0.05) is 12.6 Å². The van der Waals surface area contributed by atoms with E-state index in [0.29, 0.717) is 12.2 Å². The summed E-state index contributed by atoms with van der Waals surface area (Å²) >= 11 is 0. The number of benzene rings is 1. The molecule has 0 spiro atoms. The van der Waals surface area contributed by atoms with Crippen LogP contribution in [0.4, 0.5) is 10.6 Å². The van der Waals surface area contributed by atoms with Crippen LogP contribution < -0.4 is 10.6 Å². The van der Waals surface area contributed by atoms with Gasteiger partial charge >= 0.3 is 6.09 Å². The van der Waals surface area contributed by atoms with Gasteiger partial charge in [-0.15, -0.1) is 0 Å². The Morgan fingerprint density at radius 1 is 1.08 bits per heavy atom. The first-order valence-electron chi connectivity index (χ1n) is 8.09. The monoisotopic (exact) mass is 341 g/mol. The molecule has 0 saturated heterocycles. The van der Waals surface area contributed by atoms with E-state index in [1.165, 1.54) is 0 Å². The lowest BCUT2D eigenvalue weighted by Crippen LogP contribution is -2.47. The molecule has 0 aliphatic heterocycles. The average Bonchev–Trinajstić information content (AvgIpc) is 2.54. The van der Waals surface area contributed by atoms with Gasteiger partial charge in [-0.1, -0.05) is 36.4 Å². The van der Waals surface area contributed by atoms with E-state index < -0.39 is 17.7 Å². The van der Waals surface area contributed by atoms with Crippen molar-refractivity contribution in [2.24, 2.45) is 0 Å². The number of alkyl carbamates (subject to hydrolysis) is 1. The van der Waals surface area contributed by atoms with Crippen LogP contribution in [0.3, 0.4) is 0 Å². The third kappa shape index (κ3) is 6.63. The van der Waals surface area contributed by atoms with Gasteiger partial charge in [-0.2, -0.15) is 0 Å². The third-order valence-corrected chi connectivity index (χ3v) is 3.21. The molecule has 0 aliphatic rings. The van der Waals surface area contributed by atoms with Gasteiger partial charge in [0.15, 0.2) is 0 Å². The Morgan fingerprint density at radius 2 is 1.76 bits per heavy atom. The lowest BCUT2D eigenvalue weighted by Gasteiger charge is -2.23. The van der Waals surface area contributed by atoms with Gasteiger partial charge in [-0.3, -0.25) is 4.79 Å². The highest BCUT2D eigenvalue weighted by Gasteiger charge is 2.25.